The van der Waals surface area contributed by atoms with Crippen LogP contribution in [0.25, 0.3) is 5.57 Å². The standard InChI is InChI=1S/C12H15I/c1-8(2)11-5-9(3)6-12(7-11)10(4)13/h5-7,10H,1H2,2-4H3. The fourth-order valence-electron chi connectivity index (χ4n) is 1.29. The maximum Gasteiger partial charge on any atom is 0.0331 e. The number of aryl methyl sites for hydroxylation is 1. The highest BCUT2D eigenvalue weighted by Crippen LogP contribution is 2.26. The molecule has 1 aromatic carbocycles. The van der Waals surface area contributed by atoms with E-state index in [9.17, 15) is 0 Å². The van der Waals surface area contributed by atoms with Crippen LogP contribution in [0.1, 0.15) is 34.5 Å². The number of hydrogen-bond donors (Lipinski definition) is 0. The molecule has 0 saturated carbocycles. The summed E-state index contributed by atoms with van der Waals surface area (Å²) in [6, 6.07) is 6.65. The Hall–Kier alpha value is -0.310. The van der Waals surface area contributed by atoms with Crippen LogP contribution in [0.15, 0.2) is 24.8 Å². The van der Waals surface area contributed by atoms with Gasteiger partial charge in [-0.3, -0.25) is 0 Å². The zero-order chi connectivity index (χ0) is 10.0. The van der Waals surface area contributed by atoms with E-state index in [0.29, 0.717) is 3.92 Å². The molecule has 1 heteroatoms. The number of rotatable bonds is 2. The third-order valence-electron chi connectivity index (χ3n) is 2.05. The molecule has 0 aliphatic rings. The number of allylic oxidation sites excluding steroid dienone is 1. The summed E-state index contributed by atoms with van der Waals surface area (Å²) in [4.78, 5) is 0. The normalized spacial score (nSPS) is 12.6. The molecule has 0 saturated heterocycles. The van der Waals surface area contributed by atoms with E-state index in [-0.39, 0.29) is 0 Å². The van der Waals surface area contributed by atoms with Crippen LogP contribution in [0, 0.1) is 6.92 Å². The van der Waals surface area contributed by atoms with E-state index < -0.39 is 0 Å². The van der Waals surface area contributed by atoms with Gasteiger partial charge in [0.15, 0.2) is 0 Å². The first kappa shape index (κ1) is 10.8. The minimum atomic E-state index is 0.565. The van der Waals surface area contributed by atoms with Crippen LogP contribution in [-0.2, 0) is 0 Å². The fourth-order valence-corrected chi connectivity index (χ4v) is 1.65. The van der Waals surface area contributed by atoms with Gasteiger partial charge in [0, 0.05) is 3.92 Å². The van der Waals surface area contributed by atoms with Gasteiger partial charge >= 0.3 is 0 Å². The Morgan fingerprint density at radius 3 is 2.46 bits per heavy atom. The molecular weight excluding hydrogens is 271 g/mol. The average molecular weight is 286 g/mol. The molecule has 13 heavy (non-hydrogen) atoms. The number of benzene rings is 1. The summed E-state index contributed by atoms with van der Waals surface area (Å²) < 4.78 is 0.565. The van der Waals surface area contributed by atoms with Crippen molar-refractivity contribution in [2.75, 3.05) is 0 Å². The molecule has 0 nitrogen and oxygen atoms in total. The third-order valence-corrected chi connectivity index (χ3v) is 2.77. The first-order chi connectivity index (χ1) is 6.00. The number of hydrogen-bond acceptors (Lipinski definition) is 0. The molecule has 1 rings (SSSR count). The first-order valence-corrected chi connectivity index (χ1v) is 5.67. The van der Waals surface area contributed by atoms with Gasteiger partial charge in [0.2, 0.25) is 0 Å². The molecule has 0 spiro atoms. The van der Waals surface area contributed by atoms with Gasteiger partial charge < -0.3 is 0 Å². The van der Waals surface area contributed by atoms with Gasteiger partial charge in [-0.2, -0.15) is 0 Å². The summed E-state index contributed by atoms with van der Waals surface area (Å²) in [7, 11) is 0. The van der Waals surface area contributed by atoms with Crippen LogP contribution in [0.2, 0.25) is 0 Å². The Morgan fingerprint density at radius 1 is 1.38 bits per heavy atom. The molecule has 1 unspecified atom stereocenters. The minimum absolute atomic E-state index is 0.565. The van der Waals surface area contributed by atoms with Gasteiger partial charge in [-0.05, 0) is 31.9 Å². The van der Waals surface area contributed by atoms with E-state index in [1.54, 1.807) is 0 Å². The quantitative estimate of drug-likeness (QED) is 0.553. The maximum absolute atomic E-state index is 3.96. The van der Waals surface area contributed by atoms with Crippen LogP contribution in [0.4, 0.5) is 0 Å². The SMILES string of the molecule is C=C(C)c1cc(C)cc(C(C)I)c1. The average Bonchev–Trinajstić information content (AvgIpc) is 2.03. The van der Waals surface area contributed by atoms with E-state index in [0.717, 1.165) is 5.57 Å². The molecule has 0 N–H and O–H groups in total. The van der Waals surface area contributed by atoms with Crippen molar-refractivity contribution in [2.24, 2.45) is 0 Å². The second-order valence-electron chi connectivity index (χ2n) is 3.53. The van der Waals surface area contributed by atoms with Crippen molar-refractivity contribution >= 4 is 28.2 Å². The van der Waals surface area contributed by atoms with Crippen molar-refractivity contribution in [3.8, 4) is 0 Å². The molecule has 0 aromatic heterocycles. The highest BCUT2D eigenvalue weighted by Gasteiger charge is 2.03. The van der Waals surface area contributed by atoms with Gasteiger partial charge in [0.1, 0.15) is 0 Å². The van der Waals surface area contributed by atoms with Crippen LogP contribution in [-0.4, -0.2) is 0 Å². The van der Waals surface area contributed by atoms with Gasteiger partial charge in [0.05, 0.1) is 0 Å². The van der Waals surface area contributed by atoms with E-state index >= 15 is 0 Å². The lowest BCUT2D eigenvalue weighted by Crippen LogP contribution is -1.88. The molecule has 70 valence electrons. The second-order valence-corrected chi connectivity index (χ2v) is 5.40. The van der Waals surface area contributed by atoms with Crippen LogP contribution in [0.5, 0.6) is 0 Å². The van der Waals surface area contributed by atoms with E-state index in [2.05, 4.69) is 68.1 Å². The van der Waals surface area contributed by atoms with Crippen LogP contribution in [0.3, 0.4) is 0 Å². The van der Waals surface area contributed by atoms with Gasteiger partial charge in [-0.15, -0.1) is 0 Å². The summed E-state index contributed by atoms with van der Waals surface area (Å²) in [6.45, 7) is 10.4. The van der Waals surface area contributed by atoms with Crippen molar-refractivity contribution in [2.45, 2.75) is 24.7 Å². The molecule has 1 atom stereocenters. The lowest BCUT2D eigenvalue weighted by Gasteiger charge is -2.08. The highest BCUT2D eigenvalue weighted by atomic mass is 127. The van der Waals surface area contributed by atoms with E-state index in [1.807, 2.05) is 0 Å². The Morgan fingerprint density at radius 2 is 2.00 bits per heavy atom. The second kappa shape index (κ2) is 4.27. The van der Waals surface area contributed by atoms with E-state index in [1.165, 1.54) is 16.7 Å². The molecule has 1 aromatic rings. The van der Waals surface area contributed by atoms with Gasteiger partial charge in [-0.1, -0.05) is 58.5 Å². The maximum atomic E-state index is 3.96. The Kier molecular flexibility index (Phi) is 3.54. The van der Waals surface area contributed by atoms with Crippen molar-refractivity contribution < 1.29 is 0 Å². The first-order valence-electron chi connectivity index (χ1n) is 4.42. The van der Waals surface area contributed by atoms with Gasteiger partial charge in [0.25, 0.3) is 0 Å². The molecule has 0 fully saturated rings. The zero-order valence-corrected chi connectivity index (χ0v) is 10.6. The summed E-state index contributed by atoms with van der Waals surface area (Å²) >= 11 is 2.44. The van der Waals surface area contributed by atoms with Crippen molar-refractivity contribution in [1.82, 2.24) is 0 Å². The summed E-state index contributed by atoms with van der Waals surface area (Å²) in [5, 5.41) is 0. The zero-order valence-electron chi connectivity index (χ0n) is 8.39. The van der Waals surface area contributed by atoms with Crippen molar-refractivity contribution in [1.29, 1.82) is 0 Å². The summed E-state index contributed by atoms with van der Waals surface area (Å²) in [5.74, 6) is 0. The molecule has 0 radical (unpaired) electrons. The Bertz CT molecular complexity index is 324. The van der Waals surface area contributed by atoms with E-state index in [4.69, 9.17) is 0 Å². The molecular formula is C12H15I. The van der Waals surface area contributed by atoms with Crippen LogP contribution >= 0.6 is 22.6 Å². The smallest absolute Gasteiger partial charge is 0.0331 e. The lowest BCUT2D eigenvalue weighted by atomic mass is 10.0. The van der Waals surface area contributed by atoms with Crippen LogP contribution < -0.4 is 0 Å². The Labute approximate surface area is 94.2 Å². The van der Waals surface area contributed by atoms with Crippen molar-refractivity contribution in [3.05, 3.63) is 41.5 Å². The minimum Gasteiger partial charge on any atom is -0.0955 e. The summed E-state index contributed by atoms with van der Waals surface area (Å²) in [6.07, 6.45) is 0. The molecule has 0 heterocycles. The third kappa shape index (κ3) is 2.83. The van der Waals surface area contributed by atoms with Crippen molar-refractivity contribution in [3.63, 3.8) is 0 Å². The van der Waals surface area contributed by atoms with Gasteiger partial charge in [-0.25, -0.2) is 0 Å². The topological polar surface area (TPSA) is 0 Å². The predicted molar refractivity (Wildman–Crippen MR) is 68.3 cm³/mol. The molecule has 0 aliphatic carbocycles. The number of halogens is 1. The molecule has 0 bridgehead atoms. The fraction of sp³-hybridized carbons (Fsp3) is 0.333. The summed E-state index contributed by atoms with van der Waals surface area (Å²) in [5.41, 5.74) is 5.11. The highest BCUT2D eigenvalue weighted by molar-refractivity contribution is 14.1. The monoisotopic (exact) mass is 286 g/mol. The largest absolute Gasteiger partial charge is 0.0955 e. The lowest BCUT2D eigenvalue weighted by molar-refractivity contribution is 1.13. The molecule has 0 aliphatic heterocycles. The number of alkyl halides is 1. The molecule has 0 amide bonds. The Balaban J connectivity index is 3.19. The predicted octanol–water partition coefficient (Wildman–Crippen LogP) is 4.52.